The molecule has 0 nitrogen and oxygen atoms in total. The Balaban J connectivity index is 1.72. The van der Waals surface area contributed by atoms with Gasteiger partial charge in [0.05, 0.1) is 14.6 Å². The zero-order valence-electron chi connectivity index (χ0n) is 16.8. The molecule has 0 spiro atoms. The summed E-state index contributed by atoms with van der Waals surface area (Å²) in [5.41, 5.74) is -0.913. The van der Waals surface area contributed by atoms with E-state index in [4.69, 9.17) is 0 Å². The smallest absolute Gasteiger partial charge is 0.196 e. The Hall–Kier alpha value is -1.95. The molecule has 0 radical (unpaired) electrons. The summed E-state index contributed by atoms with van der Waals surface area (Å²) in [6.45, 7) is 0. The molecule has 3 heterocycles. The molecule has 0 saturated carbocycles. The van der Waals surface area contributed by atoms with Crippen LogP contribution in [0.4, 0.5) is 65.9 Å². The van der Waals surface area contributed by atoms with Gasteiger partial charge in [0.25, 0.3) is 0 Å². The Morgan fingerprint density at radius 3 is 1.70 bits per heavy atom. The number of halogens is 15. The van der Waals surface area contributed by atoms with Crippen LogP contribution in [-0.2, 0) is 11.8 Å². The second-order valence-electron chi connectivity index (χ2n) is 7.62. The molecule has 0 aromatic carbocycles. The summed E-state index contributed by atoms with van der Waals surface area (Å²) in [6.07, 6.45) is -7.49. The van der Waals surface area contributed by atoms with Crippen molar-refractivity contribution in [3.63, 3.8) is 0 Å². The van der Waals surface area contributed by atoms with Crippen LogP contribution in [0.3, 0.4) is 0 Å². The van der Waals surface area contributed by atoms with E-state index in [0.29, 0.717) is 17.4 Å². The van der Waals surface area contributed by atoms with Gasteiger partial charge in [-0.1, -0.05) is 0 Å². The molecule has 3 aromatic rings. The number of fused-ring (bicyclic) bond motifs is 3. The molecule has 0 fully saturated rings. The predicted octanol–water partition coefficient (Wildman–Crippen LogP) is 9.85. The van der Waals surface area contributed by atoms with E-state index in [1.54, 1.807) is 0 Å². The van der Waals surface area contributed by atoms with E-state index in [1.165, 1.54) is 5.38 Å². The first-order valence-corrected chi connectivity index (χ1v) is 11.7. The fraction of sp³-hybridized carbons (Fsp3) is 0.368. The topological polar surface area (TPSA) is 0 Å². The van der Waals surface area contributed by atoms with Gasteiger partial charge in [0.15, 0.2) is 0 Å². The van der Waals surface area contributed by atoms with Crippen molar-refractivity contribution in [3.8, 4) is 19.5 Å². The zero-order chi connectivity index (χ0) is 28.2. The number of hydrogen-bond donors (Lipinski definition) is 0. The second kappa shape index (κ2) is 7.80. The van der Waals surface area contributed by atoms with Gasteiger partial charge in [0.1, 0.15) is 0 Å². The third-order valence-corrected chi connectivity index (χ3v) is 8.94. The van der Waals surface area contributed by atoms with E-state index >= 15 is 0 Å². The Morgan fingerprint density at radius 2 is 1.14 bits per heavy atom. The van der Waals surface area contributed by atoms with Gasteiger partial charge >= 0.3 is 41.7 Å². The average Bonchev–Trinajstić information content (AvgIpc) is 3.52. The van der Waals surface area contributed by atoms with E-state index in [-0.39, 0.29) is 26.3 Å². The van der Waals surface area contributed by atoms with Gasteiger partial charge in [-0.3, -0.25) is 0 Å². The molecule has 0 bridgehead atoms. The summed E-state index contributed by atoms with van der Waals surface area (Å²) in [6, 6.07) is 2.53. The van der Waals surface area contributed by atoms with Crippen molar-refractivity contribution in [2.45, 2.75) is 41.7 Å². The van der Waals surface area contributed by atoms with Gasteiger partial charge < -0.3 is 0 Å². The number of hydrogen-bond acceptors (Lipinski definition) is 3. The lowest BCUT2D eigenvalue weighted by Gasteiger charge is -2.39. The minimum Gasteiger partial charge on any atom is -0.196 e. The lowest BCUT2D eigenvalue weighted by atomic mass is 9.93. The second-order valence-corrected chi connectivity index (χ2v) is 10.7. The van der Waals surface area contributed by atoms with Crippen LogP contribution in [0.25, 0.3) is 19.5 Å². The predicted molar refractivity (Wildman–Crippen MR) is 104 cm³/mol. The van der Waals surface area contributed by atoms with Crippen LogP contribution in [0.1, 0.15) is 16.0 Å². The molecule has 0 amide bonds. The first kappa shape index (κ1) is 28.1. The molecule has 3 aromatic heterocycles. The van der Waals surface area contributed by atoms with Gasteiger partial charge in [-0.05, 0) is 29.6 Å². The summed E-state index contributed by atoms with van der Waals surface area (Å²) in [5, 5.41) is 1.34. The fourth-order valence-corrected chi connectivity index (χ4v) is 6.74. The van der Waals surface area contributed by atoms with Crippen molar-refractivity contribution in [2.75, 3.05) is 0 Å². The quantitative estimate of drug-likeness (QED) is 0.243. The largest absolute Gasteiger partial charge is 0.460 e. The van der Waals surface area contributed by atoms with Crippen LogP contribution in [0.15, 0.2) is 29.6 Å². The molecule has 0 saturated heterocycles. The van der Waals surface area contributed by atoms with E-state index in [2.05, 4.69) is 0 Å². The molecular weight excluding hydrogens is 609 g/mol. The van der Waals surface area contributed by atoms with Crippen molar-refractivity contribution in [1.82, 2.24) is 0 Å². The molecule has 18 heteroatoms. The molecule has 0 aliphatic heterocycles. The maximum atomic E-state index is 14.6. The lowest BCUT2D eigenvalue weighted by Crippen LogP contribution is -2.69. The summed E-state index contributed by atoms with van der Waals surface area (Å²) in [5.74, 6) is -41.1. The highest BCUT2D eigenvalue weighted by atomic mass is 32.1. The molecule has 4 rings (SSSR count). The third kappa shape index (κ3) is 3.49. The first-order valence-electron chi connectivity index (χ1n) is 9.20. The van der Waals surface area contributed by atoms with Crippen molar-refractivity contribution < 1.29 is 65.9 Å². The summed E-state index contributed by atoms with van der Waals surface area (Å²) in [7, 11) is 0. The minimum absolute atomic E-state index is 0.00222. The monoisotopic (exact) mass is 614 g/mol. The molecule has 0 unspecified atom stereocenters. The molecule has 204 valence electrons. The third-order valence-electron chi connectivity index (χ3n) is 5.37. The maximum absolute atomic E-state index is 14.6. The summed E-state index contributed by atoms with van der Waals surface area (Å²) in [4.78, 5) is -2.72. The van der Waals surface area contributed by atoms with Crippen LogP contribution in [0.2, 0.25) is 0 Å². The van der Waals surface area contributed by atoms with E-state index in [1.807, 2.05) is 0 Å². The standard InChI is InChI=1S/C19H5F15S3/c20-13(21)6-3-4-35-11(6)12-7(13)5-9(37-12)8-1-2-10(36-8)14(22,23)15(24,25)16(26,27)17(28,29)18(30,31)19(32,33)34/h1-5H. The Labute approximate surface area is 206 Å². The van der Waals surface area contributed by atoms with E-state index in [0.717, 1.165) is 23.5 Å². The summed E-state index contributed by atoms with van der Waals surface area (Å²) < 4.78 is 203. The van der Waals surface area contributed by atoms with Crippen molar-refractivity contribution in [1.29, 1.82) is 0 Å². The van der Waals surface area contributed by atoms with Gasteiger partial charge in [-0.25, -0.2) is 0 Å². The first-order chi connectivity index (χ1) is 16.5. The Kier molecular flexibility index (Phi) is 5.92. The van der Waals surface area contributed by atoms with Gasteiger partial charge in [0.2, 0.25) is 0 Å². The Morgan fingerprint density at radius 1 is 0.568 bits per heavy atom. The highest BCUT2D eigenvalue weighted by Crippen LogP contribution is 2.63. The number of thiophene rings is 3. The molecule has 0 atom stereocenters. The highest BCUT2D eigenvalue weighted by Gasteiger charge is 2.91. The maximum Gasteiger partial charge on any atom is 0.460 e. The summed E-state index contributed by atoms with van der Waals surface area (Å²) >= 11 is 1.04. The van der Waals surface area contributed by atoms with Crippen molar-refractivity contribution >= 4 is 34.0 Å². The van der Waals surface area contributed by atoms with Crippen LogP contribution < -0.4 is 0 Å². The van der Waals surface area contributed by atoms with Crippen molar-refractivity contribution in [2.24, 2.45) is 0 Å². The molecule has 37 heavy (non-hydrogen) atoms. The SMILES string of the molecule is FC1(F)c2ccsc2-c2sc(-c3ccc(C(F)(F)C(F)(F)C(F)(F)C(F)(F)C(F)(F)C(F)(F)F)s3)cc21. The van der Waals surface area contributed by atoms with Gasteiger partial charge in [0, 0.05) is 20.9 Å². The number of rotatable bonds is 6. The van der Waals surface area contributed by atoms with Crippen LogP contribution in [-0.4, -0.2) is 29.9 Å². The van der Waals surface area contributed by atoms with Gasteiger partial charge in [-0.2, -0.15) is 65.9 Å². The van der Waals surface area contributed by atoms with E-state index in [9.17, 15) is 65.9 Å². The number of alkyl halides is 15. The zero-order valence-corrected chi connectivity index (χ0v) is 19.2. The Bertz CT molecular complexity index is 1340. The van der Waals surface area contributed by atoms with Crippen molar-refractivity contribution in [3.05, 3.63) is 45.6 Å². The highest BCUT2D eigenvalue weighted by molar-refractivity contribution is 7.26. The van der Waals surface area contributed by atoms with Crippen LogP contribution >= 0.6 is 34.0 Å². The van der Waals surface area contributed by atoms with E-state index < -0.39 is 68.4 Å². The molecule has 1 aliphatic carbocycles. The van der Waals surface area contributed by atoms with Crippen LogP contribution in [0.5, 0.6) is 0 Å². The minimum atomic E-state index is -8.00. The van der Waals surface area contributed by atoms with Crippen LogP contribution in [0, 0.1) is 0 Å². The average molecular weight is 614 g/mol. The molecule has 1 aliphatic rings. The lowest BCUT2D eigenvalue weighted by molar-refractivity contribution is -0.441. The normalized spacial score (nSPS) is 16.7. The van der Waals surface area contributed by atoms with Gasteiger partial charge in [-0.15, -0.1) is 34.0 Å². The molecular formula is C19H5F15S3. The molecule has 0 N–H and O–H groups in total. The fourth-order valence-electron chi connectivity index (χ4n) is 3.36.